The number of hydrogen-bond donors (Lipinski definition) is 1. The summed E-state index contributed by atoms with van der Waals surface area (Å²) in [5, 5.41) is 7.27. The third-order valence-corrected chi connectivity index (χ3v) is 2.53. The van der Waals surface area contributed by atoms with Crippen LogP contribution in [0.15, 0.2) is 36.9 Å². The van der Waals surface area contributed by atoms with Crippen LogP contribution in [0.25, 0.3) is 0 Å². The number of aromatic nitrogens is 3. The summed E-state index contributed by atoms with van der Waals surface area (Å²) in [6.07, 6.45) is 3.17. The van der Waals surface area contributed by atoms with Crippen molar-refractivity contribution < 1.29 is 4.39 Å². The molecule has 4 nitrogen and oxygen atoms in total. The first kappa shape index (κ1) is 11.7. The van der Waals surface area contributed by atoms with E-state index in [0.29, 0.717) is 18.7 Å². The summed E-state index contributed by atoms with van der Waals surface area (Å²) in [5.41, 5.74) is 0.679. The molecule has 0 fully saturated rings. The highest BCUT2D eigenvalue weighted by atomic mass is 19.1. The summed E-state index contributed by atoms with van der Waals surface area (Å²) in [6.45, 7) is 3.26. The summed E-state index contributed by atoms with van der Waals surface area (Å²) in [4.78, 5) is 3.87. The fourth-order valence-corrected chi connectivity index (χ4v) is 1.60. The van der Waals surface area contributed by atoms with Gasteiger partial charge in [-0.2, -0.15) is 5.10 Å². The molecule has 0 saturated heterocycles. The Kier molecular flexibility index (Phi) is 3.82. The van der Waals surface area contributed by atoms with Crippen molar-refractivity contribution in [1.29, 1.82) is 0 Å². The van der Waals surface area contributed by atoms with Crippen LogP contribution in [0.1, 0.15) is 12.5 Å². The van der Waals surface area contributed by atoms with E-state index in [4.69, 9.17) is 0 Å². The van der Waals surface area contributed by atoms with E-state index in [9.17, 15) is 4.39 Å². The minimum atomic E-state index is -0.173. The summed E-state index contributed by atoms with van der Waals surface area (Å²) in [7, 11) is 0. The Morgan fingerprint density at radius 1 is 1.41 bits per heavy atom. The molecule has 0 aliphatic heterocycles. The van der Waals surface area contributed by atoms with Crippen molar-refractivity contribution in [1.82, 2.24) is 20.1 Å². The molecule has 0 unspecified atom stereocenters. The fourth-order valence-electron chi connectivity index (χ4n) is 1.60. The van der Waals surface area contributed by atoms with Gasteiger partial charge in [0.05, 0.1) is 6.54 Å². The average molecular weight is 234 g/mol. The van der Waals surface area contributed by atoms with Gasteiger partial charge >= 0.3 is 0 Å². The van der Waals surface area contributed by atoms with Crippen molar-refractivity contribution in [2.45, 2.75) is 26.1 Å². The number of rotatable bonds is 5. The quantitative estimate of drug-likeness (QED) is 0.854. The zero-order chi connectivity index (χ0) is 12.1. The Balaban J connectivity index is 1.84. The third kappa shape index (κ3) is 3.35. The Morgan fingerprint density at radius 2 is 2.24 bits per heavy atom. The van der Waals surface area contributed by atoms with Gasteiger partial charge in [0.15, 0.2) is 0 Å². The van der Waals surface area contributed by atoms with Gasteiger partial charge in [-0.3, -0.25) is 4.68 Å². The van der Waals surface area contributed by atoms with Crippen molar-refractivity contribution in [3.05, 3.63) is 48.3 Å². The zero-order valence-electron chi connectivity index (χ0n) is 9.68. The molecule has 2 aromatic rings. The van der Waals surface area contributed by atoms with Crippen LogP contribution in [0.5, 0.6) is 0 Å². The van der Waals surface area contributed by atoms with Crippen LogP contribution in [-0.4, -0.2) is 20.8 Å². The maximum atomic E-state index is 13.3. The molecular weight excluding hydrogens is 219 g/mol. The lowest BCUT2D eigenvalue weighted by Gasteiger charge is -2.13. The van der Waals surface area contributed by atoms with Crippen molar-refractivity contribution in [2.75, 3.05) is 0 Å². The monoisotopic (exact) mass is 234 g/mol. The van der Waals surface area contributed by atoms with Gasteiger partial charge in [-0.05, 0) is 13.0 Å². The Labute approximate surface area is 99.5 Å². The molecule has 0 saturated carbocycles. The second kappa shape index (κ2) is 5.54. The van der Waals surface area contributed by atoms with E-state index in [2.05, 4.69) is 15.4 Å². The highest BCUT2D eigenvalue weighted by Crippen LogP contribution is 2.06. The van der Waals surface area contributed by atoms with Gasteiger partial charge in [-0.15, -0.1) is 0 Å². The van der Waals surface area contributed by atoms with E-state index in [-0.39, 0.29) is 11.9 Å². The van der Waals surface area contributed by atoms with Crippen molar-refractivity contribution in [2.24, 2.45) is 0 Å². The predicted octanol–water partition coefficient (Wildman–Crippen LogP) is 1.60. The molecule has 0 spiro atoms. The smallest absolute Gasteiger partial charge is 0.137 e. The topological polar surface area (TPSA) is 42.7 Å². The molecule has 0 amide bonds. The summed E-state index contributed by atoms with van der Waals surface area (Å²) in [6, 6.07) is 6.99. The van der Waals surface area contributed by atoms with Crippen LogP contribution in [0.3, 0.4) is 0 Å². The minimum Gasteiger partial charge on any atom is -0.308 e. The molecule has 0 aliphatic rings. The highest BCUT2D eigenvalue weighted by molar-refractivity contribution is 5.16. The number of nitrogens with one attached hydrogen (secondary N) is 1. The molecule has 2 rings (SSSR count). The lowest BCUT2D eigenvalue weighted by Crippen LogP contribution is -2.30. The maximum Gasteiger partial charge on any atom is 0.137 e. The number of nitrogens with zero attached hydrogens (tertiary/aromatic N) is 3. The van der Waals surface area contributed by atoms with Gasteiger partial charge in [-0.25, -0.2) is 9.37 Å². The highest BCUT2D eigenvalue weighted by Gasteiger charge is 2.05. The molecule has 1 atom stereocenters. The first-order chi connectivity index (χ1) is 8.25. The Morgan fingerprint density at radius 3 is 2.94 bits per heavy atom. The molecule has 0 bridgehead atoms. The number of halogens is 1. The molecule has 0 radical (unpaired) electrons. The van der Waals surface area contributed by atoms with E-state index in [1.807, 2.05) is 13.0 Å². The molecule has 1 aromatic carbocycles. The molecule has 1 N–H and O–H groups in total. The third-order valence-electron chi connectivity index (χ3n) is 2.53. The maximum absolute atomic E-state index is 13.3. The molecule has 1 heterocycles. The SMILES string of the molecule is C[C@@H](Cn1cncn1)NCc1ccccc1F. The first-order valence-corrected chi connectivity index (χ1v) is 5.55. The van der Waals surface area contributed by atoms with E-state index in [1.54, 1.807) is 23.1 Å². The lowest BCUT2D eigenvalue weighted by molar-refractivity contribution is 0.445. The summed E-state index contributed by atoms with van der Waals surface area (Å²) < 4.78 is 15.1. The van der Waals surface area contributed by atoms with E-state index in [1.165, 1.54) is 12.4 Å². The molecule has 17 heavy (non-hydrogen) atoms. The van der Waals surface area contributed by atoms with Gasteiger partial charge in [0.25, 0.3) is 0 Å². The summed E-state index contributed by atoms with van der Waals surface area (Å²) >= 11 is 0. The molecule has 90 valence electrons. The Hall–Kier alpha value is -1.75. The van der Waals surface area contributed by atoms with Crippen LogP contribution in [0.4, 0.5) is 4.39 Å². The molecular formula is C12H15FN4. The second-order valence-corrected chi connectivity index (χ2v) is 3.99. The van der Waals surface area contributed by atoms with Crippen molar-refractivity contribution in [3.63, 3.8) is 0 Å². The van der Waals surface area contributed by atoms with Gasteiger partial charge in [0.2, 0.25) is 0 Å². The number of benzene rings is 1. The fraction of sp³-hybridized carbons (Fsp3) is 0.333. The largest absolute Gasteiger partial charge is 0.308 e. The normalized spacial score (nSPS) is 12.6. The van der Waals surface area contributed by atoms with Crippen LogP contribution in [-0.2, 0) is 13.1 Å². The van der Waals surface area contributed by atoms with Gasteiger partial charge in [0, 0.05) is 18.2 Å². The first-order valence-electron chi connectivity index (χ1n) is 5.55. The van der Waals surface area contributed by atoms with E-state index < -0.39 is 0 Å². The van der Waals surface area contributed by atoms with Crippen LogP contribution in [0, 0.1) is 5.82 Å². The van der Waals surface area contributed by atoms with Crippen LogP contribution in [0.2, 0.25) is 0 Å². The second-order valence-electron chi connectivity index (χ2n) is 3.99. The van der Waals surface area contributed by atoms with E-state index in [0.717, 1.165) is 0 Å². The number of hydrogen-bond acceptors (Lipinski definition) is 3. The molecule has 0 aliphatic carbocycles. The summed E-state index contributed by atoms with van der Waals surface area (Å²) in [5.74, 6) is -0.173. The molecule has 5 heteroatoms. The van der Waals surface area contributed by atoms with Gasteiger partial charge in [0.1, 0.15) is 18.5 Å². The molecule has 1 aromatic heterocycles. The van der Waals surface area contributed by atoms with Crippen molar-refractivity contribution in [3.8, 4) is 0 Å². The van der Waals surface area contributed by atoms with Crippen molar-refractivity contribution >= 4 is 0 Å². The van der Waals surface area contributed by atoms with Crippen LogP contribution >= 0.6 is 0 Å². The standard InChI is InChI=1S/C12H15FN4/c1-10(7-17-9-14-8-16-17)15-6-11-4-2-3-5-12(11)13/h2-5,8-10,15H,6-7H2,1H3/t10-/m0/s1. The lowest BCUT2D eigenvalue weighted by atomic mass is 10.2. The zero-order valence-corrected chi connectivity index (χ0v) is 9.68. The Bertz CT molecular complexity index is 455. The van der Waals surface area contributed by atoms with Gasteiger partial charge in [-0.1, -0.05) is 18.2 Å². The minimum absolute atomic E-state index is 0.173. The van der Waals surface area contributed by atoms with Crippen LogP contribution < -0.4 is 5.32 Å². The van der Waals surface area contributed by atoms with E-state index >= 15 is 0 Å². The predicted molar refractivity (Wildman–Crippen MR) is 62.7 cm³/mol. The van der Waals surface area contributed by atoms with Gasteiger partial charge < -0.3 is 5.32 Å². The average Bonchev–Trinajstić information content (AvgIpc) is 2.81.